The van der Waals surface area contributed by atoms with Crippen molar-refractivity contribution < 1.29 is 13.9 Å². The Morgan fingerprint density at radius 3 is 2.41 bits per heavy atom. The molecule has 0 aliphatic heterocycles. The largest absolute Gasteiger partial charge is 0.497 e. The van der Waals surface area contributed by atoms with Crippen molar-refractivity contribution in [3.8, 4) is 5.75 Å². The molecule has 1 atom stereocenters. The van der Waals surface area contributed by atoms with E-state index in [0.29, 0.717) is 5.69 Å². The number of halogens is 2. The van der Waals surface area contributed by atoms with Gasteiger partial charge in [0.25, 0.3) is 0 Å². The van der Waals surface area contributed by atoms with Gasteiger partial charge < -0.3 is 15.4 Å². The van der Waals surface area contributed by atoms with Gasteiger partial charge >= 0.3 is 0 Å². The number of nitrogens with one attached hydrogen (secondary N) is 2. The highest BCUT2D eigenvalue weighted by Crippen LogP contribution is 2.20. The molecular weight excluding hydrogens is 307 g/mol. The van der Waals surface area contributed by atoms with Crippen LogP contribution in [-0.2, 0) is 4.79 Å². The first-order valence-corrected chi connectivity index (χ1v) is 7.04. The van der Waals surface area contributed by atoms with Gasteiger partial charge in [0.15, 0.2) is 0 Å². The molecule has 0 spiro atoms. The number of amides is 1. The smallest absolute Gasteiger partial charge is 0.246 e. The van der Waals surface area contributed by atoms with Crippen molar-refractivity contribution in [1.82, 2.24) is 0 Å². The Morgan fingerprint density at radius 1 is 1.18 bits per heavy atom. The second-order valence-corrected chi connectivity index (χ2v) is 5.12. The second kappa shape index (κ2) is 7.13. The summed E-state index contributed by atoms with van der Waals surface area (Å²) in [4.78, 5) is 12.1. The molecule has 0 aromatic heterocycles. The molecule has 1 unspecified atom stereocenters. The Balaban J connectivity index is 1.97. The van der Waals surface area contributed by atoms with Crippen LogP contribution in [0, 0.1) is 5.82 Å². The summed E-state index contributed by atoms with van der Waals surface area (Å²) in [5.41, 5.74) is 1.24. The maximum atomic E-state index is 13.1. The Kier molecular flexibility index (Phi) is 5.22. The molecule has 0 fully saturated rings. The monoisotopic (exact) mass is 322 g/mol. The third-order valence-electron chi connectivity index (χ3n) is 3.05. The molecule has 0 bridgehead atoms. The molecule has 1 amide bonds. The summed E-state index contributed by atoms with van der Waals surface area (Å²) in [6, 6.07) is 10.8. The normalized spacial score (nSPS) is 11.6. The van der Waals surface area contributed by atoms with Crippen LogP contribution < -0.4 is 15.4 Å². The number of carbonyl (C=O) groups excluding carboxylic acids is 1. The third-order valence-corrected chi connectivity index (χ3v) is 3.34. The first-order valence-electron chi connectivity index (χ1n) is 6.66. The minimum absolute atomic E-state index is 0.0337. The minimum Gasteiger partial charge on any atom is -0.497 e. The molecule has 2 rings (SSSR count). The lowest BCUT2D eigenvalue weighted by atomic mass is 10.2. The molecule has 0 saturated carbocycles. The van der Waals surface area contributed by atoms with Crippen LogP contribution in [0.4, 0.5) is 15.8 Å². The molecule has 0 radical (unpaired) electrons. The number of rotatable bonds is 5. The van der Waals surface area contributed by atoms with Crippen LogP contribution in [0.1, 0.15) is 6.92 Å². The van der Waals surface area contributed by atoms with E-state index in [4.69, 9.17) is 16.3 Å². The summed E-state index contributed by atoms with van der Waals surface area (Å²) >= 11 is 5.68. The van der Waals surface area contributed by atoms with Crippen molar-refractivity contribution in [3.63, 3.8) is 0 Å². The molecule has 116 valence electrons. The zero-order valence-corrected chi connectivity index (χ0v) is 12.9. The van der Waals surface area contributed by atoms with Gasteiger partial charge in [-0.15, -0.1) is 0 Å². The van der Waals surface area contributed by atoms with Gasteiger partial charge in [-0.3, -0.25) is 4.79 Å². The summed E-state index contributed by atoms with van der Waals surface area (Å²) in [5.74, 6) is -0.0360. The third kappa shape index (κ3) is 4.11. The van der Waals surface area contributed by atoms with E-state index >= 15 is 0 Å². The molecule has 0 saturated heterocycles. The summed E-state index contributed by atoms with van der Waals surface area (Å²) in [7, 11) is 1.59. The van der Waals surface area contributed by atoms with Gasteiger partial charge in [-0.25, -0.2) is 4.39 Å². The van der Waals surface area contributed by atoms with E-state index in [-0.39, 0.29) is 10.9 Å². The molecule has 0 aliphatic carbocycles. The average molecular weight is 323 g/mol. The van der Waals surface area contributed by atoms with Crippen molar-refractivity contribution >= 4 is 28.9 Å². The van der Waals surface area contributed by atoms with Gasteiger partial charge in [0.05, 0.1) is 12.1 Å². The number of ether oxygens (including phenoxy) is 1. The molecule has 4 nitrogen and oxygen atoms in total. The Labute approximate surface area is 133 Å². The first kappa shape index (κ1) is 16.1. The van der Waals surface area contributed by atoms with E-state index < -0.39 is 11.9 Å². The van der Waals surface area contributed by atoms with Crippen molar-refractivity contribution in [2.75, 3.05) is 17.7 Å². The van der Waals surface area contributed by atoms with Gasteiger partial charge in [0, 0.05) is 11.4 Å². The van der Waals surface area contributed by atoms with E-state index in [1.165, 1.54) is 18.2 Å². The van der Waals surface area contributed by atoms with Crippen LogP contribution in [0.5, 0.6) is 5.75 Å². The van der Waals surface area contributed by atoms with Crippen molar-refractivity contribution in [2.45, 2.75) is 13.0 Å². The number of anilines is 2. The van der Waals surface area contributed by atoms with Crippen LogP contribution in [-0.4, -0.2) is 19.1 Å². The van der Waals surface area contributed by atoms with Crippen LogP contribution in [0.2, 0.25) is 5.02 Å². The van der Waals surface area contributed by atoms with Crippen molar-refractivity contribution in [1.29, 1.82) is 0 Å². The Morgan fingerprint density at radius 2 is 1.82 bits per heavy atom. The quantitative estimate of drug-likeness (QED) is 0.877. The maximum absolute atomic E-state index is 13.1. The zero-order valence-electron chi connectivity index (χ0n) is 12.2. The van der Waals surface area contributed by atoms with Crippen molar-refractivity contribution in [2.24, 2.45) is 0 Å². The van der Waals surface area contributed by atoms with Crippen LogP contribution >= 0.6 is 11.6 Å². The van der Waals surface area contributed by atoms with Crippen LogP contribution in [0.25, 0.3) is 0 Å². The van der Waals surface area contributed by atoms with Gasteiger partial charge in [-0.1, -0.05) is 11.6 Å². The van der Waals surface area contributed by atoms with Crippen LogP contribution in [0.3, 0.4) is 0 Å². The number of carbonyl (C=O) groups is 1. The molecule has 2 N–H and O–H groups in total. The predicted octanol–water partition coefficient (Wildman–Crippen LogP) is 3.93. The fraction of sp³-hybridized carbons (Fsp3) is 0.188. The van der Waals surface area contributed by atoms with E-state index in [1.807, 2.05) is 12.1 Å². The number of methoxy groups -OCH3 is 1. The number of hydrogen-bond donors (Lipinski definition) is 2. The lowest BCUT2D eigenvalue weighted by molar-refractivity contribution is -0.116. The van der Waals surface area contributed by atoms with E-state index in [2.05, 4.69) is 10.6 Å². The van der Waals surface area contributed by atoms with Gasteiger partial charge in [-0.2, -0.15) is 0 Å². The highest BCUT2D eigenvalue weighted by Gasteiger charge is 2.13. The lowest BCUT2D eigenvalue weighted by Gasteiger charge is -2.15. The molecule has 0 heterocycles. The number of benzene rings is 2. The summed E-state index contributed by atoms with van der Waals surface area (Å²) in [6.07, 6.45) is 0. The standard InChI is InChI=1S/C16H16ClFN2O2/c1-10(19-11-3-6-13(22-2)7-4-11)16(21)20-12-5-8-15(18)14(17)9-12/h3-10,19H,1-2H3,(H,20,21). The SMILES string of the molecule is COc1ccc(NC(C)C(=O)Nc2ccc(F)c(Cl)c2)cc1. The highest BCUT2D eigenvalue weighted by molar-refractivity contribution is 6.31. The average Bonchev–Trinajstić information content (AvgIpc) is 2.51. The molecule has 2 aromatic rings. The molecule has 2 aromatic carbocycles. The molecular formula is C16H16ClFN2O2. The fourth-order valence-corrected chi connectivity index (χ4v) is 2.01. The summed E-state index contributed by atoms with van der Waals surface area (Å²) < 4.78 is 18.1. The van der Waals surface area contributed by atoms with Gasteiger partial charge in [0.1, 0.15) is 17.6 Å². The molecule has 22 heavy (non-hydrogen) atoms. The summed E-state index contributed by atoms with van der Waals surface area (Å²) in [6.45, 7) is 1.73. The minimum atomic E-state index is -0.524. The second-order valence-electron chi connectivity index (χ2n) is 4.71. The predicted molar refractivity (Wildman–Crippen MR) is 86.1 cm³/mol. The van der Waals surface area contributed by atoms with E-state index in [9.17, 15) is 9.18 Å². The Hall–Kier alpha value is -2.27. The van der Waals surface area contributed by atoms with E-state index in [1.54, 1.807) is 26.2 Å². The lowest BCUT2D eigenvalue weighted by Crippen LogP contribution is -2.31. The molecule has 6 heteroatoms. The van der Waals surface area contributed by atoms with E-state index in [0.717, 1.165) is 11.4 Å². The van der Waals surface area contributed by atoms with Gasteiger partial charge in [-0.05, 0) is 49.4 Å². The van der Waals surface area contributed by atoms with Crippen molar-refractivity contribution in [3.05, 3.63) is 53.3 Å². The van der Waals surface area contributed by atoms with Crippen LogP contribution in [0.15, 0.2) is 42.5 Å². The fourth-order valence-electron chi connectivity index (χ4n) is 1.83. The summed E-state index contributed by atoms with van der Waals surface area (Å²) in [5, 5.41) is 5.71. The zero-order chi connectivity index (χ0) is 16.1. The Bertz CT molecular complexity index is 662. The maximum Gasteiger partial charge on any atom is 0.246 e. The topological polar surface area (TPSA) is 50.4 Å². The van der Waals surface area contributed by atoms with Gasteiger partial charge in [0.2, 0.25) is 5.91 Å². The molecule has 0 aliphatic rings. The first-order chi connectivity index (χ1) is 10.5. The number of hydrogen-bond acceptors (Lipinski definition) is 3. The highest BCUT2D eigenvalue weighted by atomic mass is 35.5.